The minimum absolute atomic E-state index is 0.222. The van der Waals surface area contributed by atoms with Crippen molar-refractivity contribution in [3.05, 3.63) is 117 Å². The SMILES string of the molecule is CC.CC.CC1(C)CC2(CC(C)(C)c3ccccc32)c2ccccc21.CCN1CN(C)Cc2c1ccc1c2N(CC)CN(C)C1.CCN1CN(C)Cc2cc3c(cc21)CN(C)CN3CC.COCC1CO1.COCC1CO1. The summed E-state index contributed by atoms with van der Waals surface area (Å²) < 4.78 is 19.1. The van der Waals surface area contributed by atoms with Crippen LogP contribution in [-0.2, 0) is 61.4 Å². The summed E-state index contributed by atoms with van der Waals surface area (Å²) >= 11 is 0. The monoisotopic (exact) mass is 1060 g/mol. The van der Waals surface area contributed by atoms with Crippen LogP contribution in [0.25, 0.3) is 0 Å². The molecule has 12 heteroatoms. The summed E-state index contributed by atoms with van der Waals surface area (Å²) in [6.45, 7) is 42.6. The summed E-state index contributed by atoms with van der Waals surface area (Å²) in [5, 5.41) is 0. The summed E-state index contributed by atoms with van der Waals surface area (Å²) in [5.74, 6) is 0. The fourth-order valence-corrected chi connectivity index (χ4v) is 13.0. The first-order chi connectivity index (χ1) is 37.0. The first-order valence-corrected chi connectivity index (χ1v) is 29.4. The molecule has 0 bridgehead atoms. The molecule has 8 aliphatic rings. The number of hydrogen-bond donors (Lipinski definition) is 0. The summed E-state index contributed by atoms with van der Waals surface area (Å²) in [6, 6.07) is 27.8. The van der Waals surface area contributed by atoms with Crippen molar-refractivity contribution in [2.45, 2.75) is 151 Å². The van der Waals surface area contributed by atoms with E-state index in [-0.39, 0.29) is 16.2 Å². The van der Waals surface area contributed by atoms with E-state index in [9.17, 15) is 0 Å². The summed E-state index contributed by atoms with van der Waals surface area (Å²) in [4.78, 5) is 19.5. The van der Waals surface area contributed by atoms with Crippen LogP contribution in [0.5, 0.6) is 0 Å². The number of hydrogen-bond acceptors (Lipinski definition) is 12. The smallest absolute Gasteiger partial charge is 0.104 e. The Hall–Kier alpha value is -4.24. The highest BCUT2D eigenvalue weighted by Crippen LogP contribution is 2.62. The topological polar surface area (TPSA) is 69.4 Å². The largest absolute Gasteiger partial charge is 0.382 e. The zero-order chi connectivity index (χ0) is 56.2. The Bertz CT molecular complexity index is 2350. The van der Waals surface area contributed by atoms with Crippen LogP contribution in [0, 0.1) is 0 Å². The van der Waals surface area contributed by atoms with Gasteiger partial charge in [-0.1, -0.05) is 110 Å². The third-order valence-corrected chi connectivity index (χ3v) is 16.2. The molecule has 2 aliphatic carbocycles. The van der Waals surface area contributed by atoms with E-state index in [1.165, 1.54) is 57.8 Å². The van der Waals surface area contributed by atoms with Gasteiger partial charge in [0.15, 0.2) is 0 Å². The van der Waals surface area contributed by atoms with Crippen molar-refractivity contribution in [2.75, 3.05) is 141 Å². The molecule has 0 N–H and O–H groups in total. The van der Waals surface area contributed by atoms with Gasteiger partial charge >= 0.3 is 0 Å². The van der Waals surface area contributed by atoms with E-state index < -0.39 is 0 Å². The van der Waals surface area contributed by atoms with E-state index in [1.807, 2.05) is 27.7 Å². The Balaban J connectivity index is 0.000000164. The molecule has 4 aromatic carbocycles. The van der Waals surface area contributed by atoms with Gasteiger partial charge in [-0.05, 0) is 137 Å². The van der Waals surface area contributed by atoms with Gasteiger partial charge in [0.05, 0.1) is 53.1 Å². The van der Waals surface area contributed by atoms with Crippen LogP contribution in [0.1, 0.15) is 140 Å². The molecular formula is C65H104N8O4. The van der Waals surface area contributed by atoms with Crippen molar-refractivity contribution >= 4 is 22.7 Å². The van der Waals surface area contributed by atoms with Gasteiger partial charge < -0.3 is 38.5 Å². The zero-order valence-corrected chi connectivity index (χ0v) is 51.5. The van der Waals surface area contributed by atoms with E-state index in [0.717, 1.165) is 105 Å². The van der Waals surface area contributed by atoms with E-state index >= 15 is 0 Å². The molecule has 1 spiro atoms. The number of methoxy groups -OCH3 is 2. The lowest BCUT2D eigenvalue weighted by Gasteiger charge is -2.43. The zero-order valence-electron chi connectivity index (χ0n) is 51.5. The van der Waals surface area contributed by atoms with Crippen LogP contribution in [0.2, 0.25) is 0 Å². The average molecular weight is 1060 g/mol. The summed E-state index contributed by atoms with van der Waals surface area (Å²) in [7, 11) is 12.2. The van der Waals surface area contributed by atoms with Crippen LogP contribution in [-0.4, -0.2) is 153 Å². The molecule has 428 valence electrons. The van der Waals surface area contributed by atoms with Gasteiger partial charge in [0.25, 0.3) is 0 Å². The first kappa shape index (κ1) is 62.0. The molecule has 6 aliphatic heterocycles. The van der Waals surface area contributed by atoms with Crippen LogP contribution in [0.15, 0.2) is 72.8 Å². The molecule has 4 aromatic rings. The second-order valence-corrected chi connectivity index (χ2v) is 23.3. The molecule has 2 fully saturated rings. The maximum absolute atomic E-state index is 4.82. The first-order valence-electron chi connectivity index (χ1n) is 29.4. The van der Waals surface area contributed by atoms with Gasteiger partial charge in [-0.25, -0.2) is 0 Å². The van der Waals surface area contributed by atoms with Gasteiger partial charge in [-0.15, -0.1) is 0 Å². The Labute approximate surface area is 468 Å². The second kappa shape index (κ2) is 27.8. The number of fused-ring (bicyclic) bond motifs is 9. The van der Waals surface area contributed by atoms with Gasteiger partial charge in [0.1, 0.15) is 12.2 Å². The fraction of sp³-hybridized carbons (Fsp3) is 0.631. The normalized spacial score (nSPS) is 21.6. The third kappa shape index (κ3) is 14.6. The molecule has 0 amide bonds. The molecular weight excluding hydrogens is 957 g/mol. The van der Waals surface area contributed by atoms with Crippen molar-refractivity contribution < 1.29 is 18.9 Å². The highest BCUT2D eigenvalue weighted by atomic mass is 16.6. The predicted molar refractivity (Wildman–Crippen MR) is 325 cm³/mol. The number of ether oxygens (including phenoxy) is 4. The molecule has 6 heterocycles. The van der Waals surface area contributed by atoms with Gasteiger partial charge in [-0.2, -0.15) is 0 Å². The van der Waals surface area contributed by atoms with E-state index in [0.29, 0.717) is 12.2 Å². The molecule has 0 radical (unpaired) electrons. The average Bonchev–Trinajstić information content (AvgIpc) is 4.56. The number of anilines is 4. The molecule has 2 atom stereocenters. The highest BCUT2D eigenvalue weighted by Gasteiger charge is 2.55. The molecule has 0 aromatic heterocycles. The minimum Gasteiger partial charge on any atom is -0.382 e. The van der Waals surface area contributed by atoms with Crippen molar-refractivity contribution in [1.29, 1.82) is 0 Å². The molecule has 0 saturated carbocycles. The number of benzene rings is 4. The molecule has 2 unspecified atom stereocenters. The second-order valence-electron chi connectivity index (χ2n) is 23.3. The number of epoxide rings is 2. The van der Waals surface area contributed by atoms with E-state index in [4.69, 9.17) is 18.9 Å². The lowest BCUT2D eigenvalue weighted by Crippen LogP contribution is -2.44. The Morgan fingerprint density at radius 1 is 0.468 bits per heavy atom. The van der Waals surface area contributed by atoms with Crippen molar-refractivity contribution in [3.8, 4) is 0 Å². The van der Waals surface area contributed by atoms with Crippen LogP contribution >= 0.6 is 0 Å². The van der Waals surface area contributed by atoms with Crippen molar-refractivity contribution in [1.82, 2.24) is 19.6 Å². The summed E-state index contributed by atoms with van der Waals surface area (Å²) in [6.07, 6.45) is 3.32. The fourth-order valence-electron chi connectivity index (χ4n) is 13.0. The molecule has 12 rings (SSSR count). The van der Waals surface area contributed by atoms with E-state index in [2.05, 4.69) is 196 Å². The van der Waals surface area contributed by atoms with Crippen LogP contribution in [0.4, 0.5) is 22.7 Å². The third-order valence-electron chi connectivity index (χ3n) is 16.2. The number of rotatable bonds is 8. The predicted octanol–water partition coefficient (Wildman–Crippen LogP) is 11.7. The lowest BCUT2D eigenvalue weighted by atomic mass is 9.72. The molecule has 12 nitrogen and oxygen atoms in total. The quantitative estimate of drug-likeness (QED) is 0.158. The standard InChI is InChI=1S/C21H24.2C16H26N4.2C4H8O2.2C2H6/c1-19(2)13-21(17-11-7-5-9-15(17)19)14-20(3,4)16-10-6-8-12-18(16)21;1-5-19-11-17(3)9-13-8-16-14(7-15(13)19)10-18(4)12-20(16)6-2;1-5-19-11-18(4)10-14-15(19)8-7-13-9-17(3)12-20(6-2)16(13)14;2*1-5-2-4-3-6-4;2*1-2/h5-12H,13-14H2,1-4H3;2*7-8H,5-6,9-12H2,1-4H3;2*4H,2-3H2,1H3;2*1-2H3. The Kier molecular flexibility index (Phi) is 22.3. The van der Waals surface area contributed by atoms with Crippen LogP contribution in [0.3, 0.4) is 0 Å². The Morgan fingerprint density at radius 2 is 0.818 bits per heavy atom. The molecule has 2 saturated heterocycles. The lowest BCUT2D eigenvalue weighted by molar-refractivity contribution is 0.171. The maximum atomic E-state index is 4.82. The summed E-state index contributed by atoms with van der Waals surface area (Å²) in [5.41, 5.74) is 18.8. The van der Waals surface area contributed by atoms with Gasteiger partial charge in [0.2, 0.25) is 0 Å². The van der Waals surface area contributed by atoms with Crippen molar-refractivity contribution in [3.63, 3.8) is 0 Å². The number of nitrogens with zero attached hydrogens (tertiary/aromatic N) is 8. The highest BCUT2D eigenvalue weighted by molar-refractivity contribution is 5.73. The van der Waals surface area contributed by atoms with Gasteiger partial charge in [-0.3, -0.25) is 19.6 Å². The van der Waals surface area contributed by atoms with E-state index in [1.54, 1.807) is 36.5 Å². The van der Waals surface area contributed by atoms with Crippen LogP contribution < -0.4 is 19.6 Å². The van der Waals surface area contributed by atoms with Crippen molar-refractivity contribution in [2.24, 2.45) is 0 Å². The Morgan fingerprint density at radius 3 is 1.18 bits per heavy atom. The maximum Gasteiger partial charge on any atom is 0.104 e. The minimum atomic E-state index is 0.222. The van der Waals surface area contributed by atoms with Gasteiger partial charge in [0, 0.05) is 100 Å². The molecule has 77 heavy (non-hydrogen) atoms.